The maximum Gasteiger partial charge on any atom is 0.252 e. The summed E-state index contributed by atoms with van der Waals surface area (Å²) in [7, 11) is 0. The number of nitrogens with one attached hydrogen (secondary N) is 1. The highest BCUT2D eigenvalue weighted by atomic mass is 79.9. The number of hydrogen-bond donors (Lipinski definition) is 2. The maximum absolute atomic E-state index is 12.9. The average Bonchev–Trinajstić information content (AvgIpc) is 3.09. The quantitative estimate of drug-likeness (QED) is 0.887. The molecule has 1 amide bonds. The first-order valence-electron chi connectivity index (χ1n) is 5.58. The molecule has 100 valence electrons. The van der Waals surface area contributed by atoms with E-state index in [0.29, 0.717) is 22.5 Å². The molecule has 0 bridgehead atoms. The van der Waals surface area contributed by atoms with Crippen LogP contribution in [0.1, 0.15) is 23.2 Å². The number of halogens is 3. The van der Waals surface area contributed by atoms with Gasteiger partial charge in [0.05, 0.1) is 5.56 Å². The standard InChI is InChI=1S/C12H14BrFN2O.ClH/c13-10-5-8(14)3-4-9(10)12(17)16-11(6-15)7-1-2-7;/h3-5,7,11H,1-2,6,15H2,(H,16,17);1H. The number of nitrogens with two attached hydrogens (primary N) is 1. The van der Waals surface area contributed by atoms with Crippen molar-refractivity contribution in [1.82, 2.24) is 5.32 Å². The monoisotopic (exact) mass is 336 g/mol. The molecule has 1 fully saturated rings. The van der Waals surface area contributed by atoms with Crippen LogP contribution < -0.4 is 11.1 Å². The first-order chi connectivity index (χ1) is 8.11. The highest BCUT2D eigenvalue weighted by molar-refractivity contribution is 9.10. The van der Waals surface area contributed by atoms with E-state index in [1.165, 1.54) is 18.2 Å². The van der Waals surface area contributed by atoms with E-state index in [4.69, 9.17) is 5.73 Å². The van der Waals surface area contributed by atoms with Gasteiger partial charge in [-0.2, -0.15) is 0 Å². The van der Waals surface area contributed by atoms with E-state index in [0.717, 1.165) is 12.8 Å². The van der Waals surface area contributed by atoms with Gasteiger partial charge in [0.1, 0.15) is 5.82 Å². The molecule has 0 spiro atoms. The summed E-state index contributed by atoms with van der Waals surface area (Å²) in [4.78, 5) is 12.0. The fourth-order valence-electron chi connectivity index (χ4n) is 1.79. The molecule has 3 nitrogen and oxygen atoms in total. The van der Waals surface area contributed by atoms with E-state index in [2.05, 4.69) is 21.2 Å². The fraction of sp³-hybridized carbons (Fsp3) is 0.417. The van der Waals surface area contributed by atoms with Crippen molar-refractivity contribution in [2.45, 2.75) is 18.9 Å². The smallest absolute Gasteiger partial charge is 0.252 e. The van der Waals surface area contributed by atoms with Gasteiger partial charge in [0.2, 0.25) is 0 Å². The van der Waals surface area contributed by atoms with Crippen molar-refractivity contribution >= 4 is 34.2 Å². The summed E-state index contributed by atoms with van der Waals surface area (Å²) in [5.74, 6) is -0.0756. The Labute approximate surface area is 120 Å². The van der Waals surface area contributed by atoms with Crippen LogP contribution in [0, 0.1) is 11.7 Å². The second kappa shape index (κ2) is 6.50. The van der Waals surface area contributed by atoms with Crippen LogP contribution in [0.2, 0.25) is 0 Å². The lowest BCUT2D eigenvalue weighted by atomic mass is 10.1. The molecule has 0 saturated heterocycles. The third kappa shape index (κ3) is 3.67. The summed E-state index contributed by atoms with van der Waals surface area (Å²) in [5.41, 5.74) is 6.05. The normalized spacial score (nSPS) is 15.7. The Kier molecular flexibility index (Phi) is 5.56. The summed E-state index contributed by atoms with van der Waals surface area (Å²) < 4.78 is 13.4. The number of rotatable bonds is 4. The van der Waals surface area contributed by atoms with Gasteiger partial charge >= 0.3 is 0 Å². The van der Waals surface area contributed by atoms with Gasteiger partial charge in [-0.1, -0.05) is 0 Å². The lowest BCUT2D eigenvalue weighted by Crippen LogP contribution is -2.41. The van der Waals surface area contributed by atoms with E-state index >= 15 is 0 Å². The third-order valence-corrected chi connectivity index (χ3v) is 3.59. The van der Waals surface area contributed by atoms with E-state index in [1.807, 2.05) is 0 Å². The molecule has 1 aliphatic carbocycles. The molecule has 2 rings (SSSR count). The summed E-state index contributed by atoms with van der Waals surface area (Å²) in [6.07, 6.45) is 2.24. The Bertz CT molecular complexity index is 440. The van der Waals surface area contributed by atoms with Crippen molar-refractivity contribution in [2.24, 2.45) is 11.7 Å². The topological polar surface area (TPSA) is 55.1 Å². The zero-order chi connectivity index (χ0) is 12.4. The van der Waals surface area contributed by atoms with Crippen LogP contribution in [-0.2, 0) is 0 Å². The van der Waals surface area contributed by atoms with Crippen LogP contribution in [0.5, 0.6) is 0 Å². The third-order valence-electron chi connectivity index (χ3n) is 2.94. The number of benzene rings is 1. The summed E-state index contributed by atoms with van der Waals surface area (Å²) in [5, 5.41) is 2.89. The molecule has 0 radical (unpaired) electrons. The molecule has 1 aromatic rings. The molecule has 18 heavy (non-hydrogen) atoms. The van der Waals surface area contributed by atoms with Gasteiger partial charge in [-0.15, -0.1) is 12.4 Å². The van der Waals surface area contributed by atoms with Crippen molar-refractivity contribution in [3.05, 3.63) is 34.1 Å². The molecule has 1 saturated carbocycles. The van der Waals surface area contributed by atoms with E-state index in [1.54, 1.807) is 0 Å². The number of amides is 1. The highest BCUT2D eigenvalue weighted by Crippen LogP contribution is 2.32. The Hall–Kier alpha value is -0.650. The zero-order valence-corrected chi connectivity index (χ0v) is 12.1. The Morgan fingerprint density at radius 3 is 2.72 bits per heavy atom. The number of carbonyl (C=O) groups excluding carboxylic acids is 1. The first kappa shape index (κ1) is 15.4. The highest BCUT2D eigenvalue weighted by Gasteiger charge is 2.31. The minimum Gasteiger partial charge on any atom is -0.348 e. The predicted octanol–water partition coefficient (Wildman–Crippen LogP) is 2.48. The van der Waals surface area contributed by atoms with E-state index in [9.17, 15) is 9.18 Å². The van der Waals surface area contributed by atoms with Crippen molar-refractivity contribution in [2.75, 3.05) is 6.54 Å². The molecule has 1 aromatic carbocycles. The molecule has 1 atom stereocenters. The van der Waals surface area contributed by atoms with Gasteiger partial charge in [0.15, 0.2) is 0 Å². The number of hydrogen-bond acceptors (Lipinski definition) is 2. The average molecular weight is 338 g/mol. The Morgan fingerprint density at radius 2 is 2.22 bits per heavy atom. The van der Waals surface area contributed by atoms with Gasteiger partial charge in [0.25, 0.3) is 5.91 Å². The van der Waals surface area contributed by atoms with Crippen molar-refractivity contribution in [1.29, 1.82) is 0 Å². The molecule has 0 heterocycles. The molecule has 0 aromatic heterocycles. The van der Waals surface area contributed by atoms with Crippen LogP contribution in [-0.4, -0.2) is 18.5 Å². The molecule has 1 aliphatic rings. The van der Waals surface area contributed by atoms with Gasteiger partial charge in [0, 0.05) is 17.1 Å². The van der Waals surface area contributed by atoms with Crippen molar-refractivity contribution < 1.29 is 9.18 Å². The van der Waals surface area contributed by atoms with E-state index in [-0.39, 0.29) is 30.2 Å². The Morgan fingerprint density at radius 1 is 1.56 bits per heavy atom. The molecule has 6 heteroatoms. The summed E-state index contributed by atoms with van der Waals surface area (Å²) in [6, 6.07) is 4.05. The number of carbonyl (C=O) groups is 1. The minimum atomic E-state index is -0.369. The van der Waals surface area contributed by atoms with Crippen molar-refractivity contribution in [3.8, 4) is 0 Å². The van der Waals surface area contributed by atoms with Crippen LogP contribution in [0.4, 0.5) is 4.39 Å². The van der Waals surface area contributed by atoms with Crippen LogP contribution >= 0.6 is 28.3 Å². The predicted molar refractivity (Wildman–Crippen MR) is 74.4 cm³/mol. The molecular weight excluding hydrogens is 323 g/mol. The lowest BCUT2D eigenvalue weighted by molar-refractivity contribution is 0.0932. The van der Waals surface area contributed by atoms with E-state index < -0.39 is 0 Å². The maximum atomic E-state index is 12.9. The van der Waals surface area contributed by atoms with Crippen molar-refractivity contribution in [3.63, 3.8) is 0 Å². The van der Waals surface area contributed by atoms with Crippen LogP contribution in [0.25, 0.3) is 0 Å². The summed E-state index contributed by atoms with van der Waals surface area (Å²) in [6.45, 7) is 0.440. The first-order valence-corrected chi connectivity index (χ1v) is 6.37. The lowest BCUT2D eigenvalue weighted by Gasteiger charge is -2.16. The molecule has 3 N–H and O–H groups in total. The van der Waals surface area contributed by atoms with Crippen LogP contribution in [0.15, 0.2) is 22.7 Å². The zero-order valence-electron chi connectivity index (χ0n) is 9.66. The fourth-order valence-corrected chi connectivity index (χ4v) is 2.32. The summed E-state index contributed by atoms with van der Waals surface area (Å²) >= 11 is 3.18. The molecule has 0 aliphatic heterocycles. The van der Waals surface area contributed by atoms with Gasteiger partial charge in [-0.25, -0.2) is 4.39 Å². The SMILES string of the molecule is Cl.NCC(NC(=O)c1ccc(F)cc1Br)C1CC1. The van der Waals surface area contributed by atoms with Gasteiger partial charge < -0.3 is 11.1 Å². The van der Waals surface area contributed by atoms with Crippen LogP contribution in [0.3, 0.4) is 0 Å². The van der Waals surface area contributed by atoms with Gasteiger partial charge in [-0.3, -0.25) is 4.79 Å². The molecule has 1 unspecified atom stereocenters. The molecular formula is C12H15BrClFN2O. The second-order valence-electron chi connectivity index (χ2n) is 4.28. The largest absolute Gasteiger partial charge is 0.348 e. The minimum absolute atomic E-state index is 0. The van der Waals surface area contributed by atoms with Gasteiger partial charge in [-0.05, 0) is 52.9 Å². The second-order valence-corrected chi connectivity index (χ2v) is 5.13. The Balaban J connectivity index is 0.00000162.